The first-order chi connectivity index (χ1) is 16.8. The SMILES string of the molecule is [B][B]B([B])C(=C(C#CC)C(C)=C(C#C)C(C)=C(C)C(C)=C1CC(C)C(C)N1C)C1=[N+](C)C(C)C(C)C1. The van der Waals surface area contributed by atoms with Gasteiger partial charge in [0.05, 0.1) is 6.49 Å². The average Bonchev–Trinajstić information content (AvgIpc) is 3.26. The third-order valence-corrected chi connectivity index (χ3v) is 8.95. The Morgan fingerprint density at radius 3 is 2.06 bits per heavy atom. The lowest BCUT2D eigenvalue weighted by molar-refractivity contribution is -0.530. The standard InChI is InChI=1S/C30H42B4N2/c1-13-15-27(30(34(32)33-31)29-17-19(4)25(10)36(29)12)23(8)26(14-2)21(6)20(5)22(7)28-16-18(3)24(9)35(28)11/h2,18-19,24-25H,16-17H2,1,3-12H3/q+1. The van der Waals surface area contributed by atoms with Gasteiger partial charge in [-0.05, 0) is 88.6 Å². The van der Waals surface area contributed by atoms with Gasteiger partial charge in [-0.3, -0.25) is 0 Å². The van der Waals surface area contributed by atoms with Crippen LogP contribution in [0.5, 0.6) is 0 Å². The third kappa shape index (κ3) is 5.70. The van der Waals surface area contributed by atoms with E-state index < -0.39 is 6.49 Å². The van der Waals surface area contributed by atoms with Crippen LogP contribution in [0.4, 0.5) is 0 Å². The van der Waals surface area contributed by atoms with Gasteiger partial charge in [0.25, 0.3) is 0 Å². The van der Waals surface area contributed by atoms with Crippen LogP contribution in [-0.2, 0) is 0 Å². The summed E-state index contributed by atoms with van der Waals surface area (Å²) in [6.45, 7) is 19.2. The van der Waals surface area contributed by atoms with Gasteiger partial charge in [0.1, 0.15) is 7.05 Å². The number of allylic oxidation sites excluding steroid dienone is 8. The first-order valence-electron chi connectivity index (χ1n) is 13.2. The van der Waals surface area contributed by atoms with Crippen molar-refractivity contribution in [1.82, 2.24) is 4.90 Å². The minimum Gasteiger partial charge on any atom is -0.375 e. The van der Waals surface area contributed by atoms with Crippen molar-refractivity contribution in [2.24, 2.45) is 11.8 Å². The van der Waals surface area contributed by atoms with E-state index in [0.717, 1.165) is 40.6 Å². The molecule has 6 heteroatoms. The van der Waals surface area contributed by atoms with E-state index >= 15 is 0 Å². The van der Waals surface area contributed by atoms with E-state index in [2.05, 4.69) is 96.7 Å². The maximum absolute atomic E-state index is 6.62. The lowest BCUT2D eigenvalue weighted by Gasteiger charge is -2.23. The van der Waals surface area contributed by atoms with Crippen LogP contribution in [0.1, 0.15) is 75.2 Å². The number of terminal acetylenes is 1. The molecule has 0 spiro atoms. The number of nitrogens with zero attached hydrogens (tertiary/aromatic N) is 2. The molecular formula is C30H42B4N2+. The van der Waals surface area contributed by atoms with Gasteiger partial charge in [0.15, 0.2) is 11.8 Å². The fraction of sp³-hybridized carbons (Fsp3) is 0.567. The Bertz CT molecular complexity index is 1150. The van der Waals surface area contributed by atoms with Crippen LogP contribution in [0.3, 0.4) is 0 Å². The Balaban J connectivity index is 2.83. The van der Waals surface area contributed by atoms with Crippen molar-refractivity contribution in [3.8, 4) is 24.2 Å². The van der Waals surface area contributed by atoms with Gasteiger partial charge >= 0.3 is 0 Å². The first kappa shape index (κ1) is 30.0. The minimum atomic E-state index is -0.436. The molecule has 183 valence electrons. The van der Waals surface area contributed by atoms with Crippen LogP contribution in [-0.4, -0.2) is 70.4 Å². The highest BCUT2D eigenvalue weighted by molar-refractivity contribution is 7.49. The lowest BCUT2D eigenvalue weighted by Crippen LogP contribution is -2.35. The van der Waals surface area contributed by atoms with Crippen molar-refractivity contribution < 1.29 is 4.58 Å². The molecule has 0 amide bonds. The Kier molecular flexibility index (Phi) is 10.3. The highest BCUT2D eigenvalue weighted by Crippen LogP contribution is 2.36. The summed E-state index contributed by atoms with van der Waals surface area (Å²) in [6, 6.07) is 0.946. The molecule has 0 aromatic carbocycles. The topological polar surface area (TPSA) is 6.25 Å². The van der Waals surface area contributed by atoms with E-state index in [1.807, 2.05) is 6.92 Å². The third-order valence-electron chi connectivity index (χ3n) is 8.95. The summed E-state index contributed by atoms with van der Waals surface area (Å²) in [5, 5.41) is 0. The highest BCUT2D eigenvalue weighted by Gasteiger charge is 2.38. The van der Waals surface area contributed by atoms with Crippen LogP contribution in [0, 0.1) is 36.0 Å². The molecule has 2 aliphatic rings. The zero-order chi connectivity index (χ0) is 27.5. The van der Waals surface area contributed by atoms with Crippen molar-refractivity contribution in [1.29, 1.82) is 0 Å². The molecule has 0 N–H and O–H groups in total. The van der Waals surface area contributed by atoms with E-state index in [9.17, 15) is 0 Å². The second-order valence-electron chi connectivity index (χ2n) is 10.9. The molecule has 4 atom stereocenters. The number of hydrogen-bond acceptors (Lipinski definition) is 1. The largest absolute Gasteiger partial charge is 0.375 e. The van der Waals surface area contributed by atoms with E-state index in [4.69, 9.17) is 21.9 Å². The predicted molar refractivity (Wildman–Crippen MR) is 162 cm³/mol. The van der Waals surface area contributed by atoms with Crippen molar-refractivity contribution in [3.63, 3.8) is 0 Å². The van der Waals surface area contributed by atoms with Crippen molar-refractivity contribution >= 4 is 34.7 Å². The maximum atomic E-state index is 6.62. The number of hydrogen-bond donors (Lipinski definition) is 0. The molecule has 4 unspecified atom stereocenters. The molecule has 2 aliphatic heterocycles. The molecule has 5 radical (unpaired) electrons. The lowest BCUT2D eigenvalue weighted by atomic mass is 9.02. The quantitative estimate of drug-likeness (QED) is 0.234. The molecule has 0 bridgehead atoms. The van der Waals surface area contributed by atoms with Crippen LogP contribution in [0.25, 0.3) is 0 Å². The van der Waals surface area contributed by atoms with Crippen LogP contribution < -0.4 is 0 Å². The Labute approximate surface area is 225 Å². The summed E-state index contributed by atoms with van der Waals surface area (Å²) in [5.41, 5.74) is 9.94. The predicted octanol–water partition coefficient (Wildman–Crippen LogP) is 4.72. The van der Waals surface area contributed by atoms with Gasteiger partial charge < -0.3 is 4.90 Å². The zero-order valence-corrected chi connectivity index (χ0v) is 24.5. The van der Waals surface area contributed by atoms with Crippen LogP contribution in [0.15, 0.2) is 44.6 Å². The van der Waals surface area contributed by atoms with Gasteiger partial charge in [-0.2, -0.15) is 0 Å². The summed E-state index contributed by atoms with van der Waals surface area (Å²) in [7, 11) is 18.5. The van der Waals surface area contributed by atoms with E-state index in [1.165, 1.54) is 22.6 Å². The van der Waals surface area contributed by atoms with Gasteiger partial charge in [0, 0.05) is 64.8 Å². The van der Waals surface area contributed by atoms with Gasteiger partial charge in [-0.1, -0.05) is 25.7 Å². The first-order valence-corrected chi connectivity index (χ1v) is 13.2. The molecule has 2 rings (SSSR count). The maximum Gasteiger partial charge on any atom is 0.170 e. The molecule has 2 nitrogen and oxygen atoms in total. The Hall–Kier alpha value is -2.19. The molecular weight excluding hydrogens is 432 g/mol. The fourth-order valence-corrected chi connectivity index (χ4v) is 5.61. The summed E-state index contributed by atoms with van der Waals surface area (Å²) < 4.78 is 2.32. The van der Waals surface area contributed by atoms with Gasteiger partial charge in [-0.25, -0.2) is 4.58 Å². The number of rotatable bonds is 6. The molecule has 2 heterocycles. The second-order valence-corrected chi connectivity index (χ2v) is 10.9. The molecule has 36 heavy (non-hydrogen) atoms. The number of likely N-dealkylation sites (tertiary alicyclic amines) is 1. The second kappa shape index (κ2) is 12.4. The van der Waals surface area contributed by atoms with E-state index in [0.29, 0.717) is 23.9 Å². The molecule has 0 saturated carbocycles. The highest BCUT2D eigenvalue weighted by atomic mass is 15.2. The summed E-state index contributed by atoms with van der Waals surface area (Å²) in [4.78, 5) is 2.42. The van der Waals surface area contributed by atoms with E-state index in [1.54, 1.807) is 7.06 Å². The molecule has 1 fully saturated rings. The minimum absolute atomic E-state index is 0.415. The van der Waals surface area contributed by atoms with Crippen molar-refractivity contribution in [2.75, 3.05) is 14.1 Å². The summed E-state index contributed by atoms with van der Waals surface area (Å²) >= 11 is 0. The summed E-state index contributed by atoms with van der Waals surface area (Å²) in [6.07, 6.45) is 8.20. The molecule has 0 aromatic rings. The Morgan fingerprint density at radius 1 is 1.03 bits per heavy atom. The van der Waals surface area contributed by atoms with E-state index in [-0.39, 0.29) is 0 Å². The molecule has 0 aliphatic carbocycles. The summed E-state index contributed by atoms with van der Waals surface area (Å²) in [5.74, 6) is 10.6. The van der Waals surface area contributed by atoms with Crippen molar-refractivity contribution in [3.05, 3.63) is 44.6 Å². The smallest absolute Gasteiger partial charge is 0.170 e. The molecule has 1 saturated heterocycles. The van der Waals surface area contributed by atoms with Crippen molar-refractivity contribution in [2.45, 2.75) is 87.2 Å². The Morgan fingerprint density at radius 2 is 1.64 bits per heavy atom. The van der Waals surface area contributed by atoms with Gasteiger partial charge in [-0.15, -0.1) is 12.3 Å². The van der Waals surface area contributed by atoms with Gasteiger partial charge in [0.2, 0.25) is 0 Å². The monoisotopic (exact) mass is 474 g/mol. The zero-order valence-electron chi connectivity index (χ0n) is 24.5. The normalized spacial score (nSPS) is 27.4. The van der Waals surface area contributed by atoms with Crippen LogP contribution >= 0.6 is 0 Å². The molecule has 0 aromatic heterocycles. The van der Waals surface area contributed by atoms with Crippen LogP contribution in [0.2, 0.25) is 0 Å². The average molecular weight is 474 g/mol. The fourth-order valence-electron chi connectivity index (χ4n) is 5.61.